The minimum Gasteiger partial charge on any atom is -0.493 e. The molecule has 1 saturated heterocycles. The Morgan fingerprint density at radius 3 is 2.57 bits per heavy atom. The molecule has 1 unspecified atom stereocenters. The highest BCUT2D eigenvalue weighted by Crippen LogP contribution is 2.44. The Hall–Kier alpha value is -2.45. The Morgan fingerprint density at radius 2 is 1.92 bits per heavy atom. The van der Waals surface area contributed by atoms with Gasteiger partial charge >= 0.3 is 0 Å². The van der Waals surface area contributed by atoms with E-state index in [9.17, 15) is 9.59 Å². The van der Waals surface area contributed by atoms with Gasteiger partial charge in [-0.05, 0) is 121 Å². The van der Waals surface area contributed by atoms with Crippen LogP contribution in [0.15, 0.2) is 27.6 Å². The van der Waals surface area contributed by atoms with Crippen molar-refractivity contribution < 1.29 is 23.8 Å². The van der Waals surface area contributed by atoms with Gasteiger partial charge < -0.3 is 14.2 Å². The first-order chi connectivity index (χ1) is 17.5. The molecule has 37 heavy (non-hydrogen) atoms. The number of thioether (sulfide) groups is 1. The van der Waals surface area contributed by atoms with E-state index >= 15 is 0 Å². The largest absolute Gasteiger partial charge is 0.493 e. The lowest BCUT2D eigenvalue weighted by molar-refractivity contribution is -0.115. The maximum absolute atomic E-state index is 11.8. The van der Waals surface area contributed by atoms with E-state index in [1.807, 2.05) is 18.2 Å². The molecule has 0 spiro atoms. The summed E-state index contributed by atoms with van der Waals surface area (Å²) in [7, 11) is 0. The predicted molar refractivity (Wildman–Crippen MR) is 152 cm³/mol. The Kier molecular flexibility index (Phi) is 8.29. The smallest absolute Gasteiger partial charge is 0.290 e. The lowest BCUT2D eigenvalue weighted by atomic mass is 9.87. The highest BCUT2D eigenvalue weighted by atomic mass is 79.9. The van der Waals surface area contributed by atoms with E-state index in [1.54, 1.807) is 6.08 Å². The SMILES string of the molecule is Cc1c(C)c2c(c(C)c1OCCC(C)C)CCC(C)(COc1ccc(/C=C3/SC(=O)NC3=O)cc1Br)O2. The first-order valence-corrected chi connectivity index (χ1v) is 14.2. The normalized spacial score (nSPS) is 20.2. The zero-order chi connectivity index (χ0) is 26.9. The number of nitrogens with one attached hydrogen (secondary N) is 1. The number of imide groups is 1. The van der Waals surface area contributed by atoms with E-state index in [0.717, 1.165) is 70.3 Å². The first kappa shape index (κ1) is 27.6. The second-order valence-electron chi connectivity index (χ2n) is 10.4. The van der Waals surface area contributed by atoms with Crippen molar-refractivity contribution in [2.24, 2.45) is 5.92 Å². The summed E-state index contributed by atoms with van der Waals surface area (Å²) in [6.07, 6.45) is 4.45. The summed E-state index contributed by atoms with van der Waals surface area (Å²) in [5.41, 5.74) is 4.98. The van der Waals surface area contributed by atoms with Gasteiger partial charge in [-0.3, -0.25) is 14.9 Å². The molecule has 1 fully saturated rings. The summed E-state index contributed by atoms with van der Waals surface area (Å²) < 4.78 is 19.8. The number of benzene rings is 2. The average Bonchev–Trinajstić information content (AvgIpc) is 3.15. The molecular weight excluding hydrogens is 554 g/mol. The van der Waals surface area contributed by atoms with Crippen LogP contribution in [0.4, 0.5) is 4.79 Å². The van der Waals surface area contributed by atoms with Crippen LogP contribution >= 0.6 is 27.7 Å². The zero-order valence-corrected chi connectivity index (χ0v) is 24.7. The molecule has 2 heterocycles. The minimum absolute atomic E-state index is 0.354. The van der Waals surface area contributed by atoms with E-state index in [-0.39, 0.29) is 11.1 Å². The summed E-state index contributed by atoms with van der Waals surface area (Å²) in [6.45, 7) is 14.0. The van der Waals surface area contributed by atoms with Crippen LogP contribution < -0.4 is 19.5 Å². The molecule has 198 valence electrons. The summed E-state index contributed by atoms with van der Waals surface area (Å²) in [5.74, 6) is 2.87. The molecule has 0 aliphatic carbocycles. The molecule has 6 nitrogen and oxygen atoms in total. The monoisotopic (exact) mass is 587 g/mol. The predicted octanol–water partition coefficient (Wildman–Crippen LogP) is 7.29. The second-order valence-corrected chi connectivity index (χ2v) is 12.3. The third kappa shape index (κ3) is 6.17. The number of carbonyl (C=O) groups is 2. The van der Waals surface area contributed by atoms with Crippen LogP contribution in [0, 0.1) is 26.7 Å². The molecule has 1 atom stereocenters. The molecule has 2 aromatic carbocycles. The third-order valence-corrected chi connectivity index (χ3v) is 8.36. The van der Waals surface area contributed by atoms with Crippen LogP contribution in [0.3, 0.4) is 0 Å². The fourth-order valence-corrected chi connectivity index (χ4v) is 5.72. The zero-order valence-electron chi connectivity index (χ0n) is 22.2. The topological polar surface area (TPSA) is 73.9 Å². The van der Waals surface area contributed by atoms with Gasteiger partial charge in [0.05, 0.1) is 16.0 Å². The van der Waals surface area contributed by atoms with Gasteiger partial charge in [0.25, 0.3) is 11.1 Å². The fourth-order valence-electron chi connectivity index (χ4n) is 4.52. The number of carbonyl (C=O) groups excluding carboxylic acids is 2. The Balaban J connectivity index is 1.46. The van der Waals surface area contributed by atoms with Crippen LogP contribution in [0.25, 0.3) is 6.08 Å². The van der Waals surface area contributed by atoms with E-state index in [1.165, 1.54) is 11.1 Å². The average molecular weight is 589 g/mol. The molecule has 1 N–H and O–H groups in total. The molecule has 8 heteroatoms. The van der Waals surface area contributed by atoms with Crippen molar-refractivity contribution in [3.63, 3.8) is 0 Å². The van der Waals surface area contributed by atoms with Gasteiger partial charge in [-0.1, -0.05) is 19.9 Å². The lowest BCUT2D eigenvalue weighted by Gasteiger charge is -2.38. The van der Waals surface area contributed by atoms with Crippen LogP contribution in [0.5, 0.6) is 17.2 Å². The Morgan fingerprint density at radius 1 is 1.16 bits per heavy atom. The van der Waals surface area contributed by atoms with Crippen molar-refractivity contribution >= 4 is 44.9 Å². The van der Waals surface area contributed by atoms with Gasteiger partial charge in [0, 0.05) is 5.56 Å². The number of ether oxygens (including phenoxy) is 3. The maximum atomic E-state index is 11.8. The van der Waals surface area contributed by atoms with Crippen molar-refractivity contribution in [2.45, 2.75) is 66.4 Å². The van der Waals surface area contributed by atoms with E-state index in [4.69, 9.17) is 14.2 Å². The molecule has 0 bridgehead atoms. The molecule has 4 rings (SSSR count). The van der Waals surface area contributed by atoms with Gasteiger partial charge in [-0.15, -0.1) is 0 Å². The summed E-state index contributed by atoms with van der Waals surface area (Å²) >= 11 is 4.48. The third-order valence-electron chi connectivity index (χ3n) is 6.93. The number of rotatable bonds is 8. The molecule has 2 aliphatic heterocycles. The summed E-state index contributed by atoms with van der Waals surface area (Å²) in [5, 5.41) is 1.91. The van der Waals surface area contributed by atoms with Crippen molar-refractivity contribution in [1.82, 2.24) is 5.32 Å². The number of hydrogen-bond acceptors (Lipinski definition) is 6. The van der Waals surface area contributed by atoms with Crippen molar-refractivity contribution in [2.75, 3.05) is 13.2 Å². The number of amides is 2. The van der Waals surface area contributed by atoms with Crippen molar-refractivity contribution in [3.8, 4) is 17.2 Å². The molecule has 2 amide bonds. The van der Waals surface area contributed by atoms with Gasteiger partial charge in [-0.25, -0.2) is 0 Å². The summed E-state index contributed by atoms with van der Waals surface area (Å²) in [4.78, 5) is 23.6. The Bertz CT molecular complexity index is 1270. The van der Waals surface area contributed by atoms with Crippen LogP contribution in [-0.4, -0.2) is 30.0 Å². The molecular formula is C29H34BrNO5S. The lowest BCUT2D eigenvalue weighted by Crippen LogP contribution is -2.42. The highest BCUT2D eigenvalue weighted by molar-refractivity contribution is 9.10. The fraction of sp³-hybridized carbons (Fsp3) is 0.448. The standard InChI is InChI=1S/C29H34BrNO5S/c1-16(2)10-12-34-25-17(3)18(4)26-21(19(25)5)9-11-29(6,36-26)15-35-23-8-7-20(13-22(23)30)14-24-27(32)31-28(33)37-24/h7-8,13-14,16H,9-12,15H2,1-6H3,(H,31,32,33)/b24-14+. The van der Waals surface area contributed by atoms with Gasteiger partial charge in [0.2, 0.25) is 0 Å². The van der Waals surface area contributed by atoms with Crippen LogP contribution in [0.1, 0.15) is 61.4 Å². The maximum Gasteiger partial charge on any atom is 0.290 e. The second kappa shape index (κ2) is 11.1. The van der Waals surface area contributed by atoms with E-state index in [0.29, 0.717) is 23.2 Å². The number of halogens is 1. The van der Waals surface area contributed by atoms with E-state index < -0.39 is 5.60 Å². The van der Waals surface area contributed by atoms with Crippen LogP contribution in [-0.2, 0) is 11.2 Å². The number of fused-ring (bicyclic) bond motifs is 1. The molecule has 2 aromatic rings. The number of hydrogen-bond donors (Lipinski definition) is 1. The molecule has 0 aromatic heterocycles. The van der Waals surface area contributed by atoms with Gasteiger partial charge in [0.1, 0.15) is 29.5 Å². The quantitative estimate of drug-likeness (QED) is 0.327. The van der Waals surface area contributed by atoms with E-state index in [2.05, 4.69) is 62.8 Å². The summed E-state index contributed by atoms with van der Waals surface area (Å²) in [6, 6.07) is 5.59. The minimum atomic E-state index is -0.477. The molecule has 0 radical (unpaired) electrons. The van der Waals surface area contributed by atoms with Gasteiger partial charge in [0.15, 0.2) is 0 Å². The first-order valence-electron chi connectivity index (χ1n) is 12.6. The van der Waals surface area contributed by atoms with Crippen LogP contribution in [0.2, 0.25) is 0 Å². The highest BCUT2D eigenvalue weighted by Gasteiger charge is 2.36. The molecule has 2 aliphatic rings. The molecule has 0 saturated carbocycles. The Labute approximate surface area is 231 Å². The van der Waals surface area contributed by atoms with Crippen molar-refractivity contribution in [3.05, 3.63) is 55.4 Å². The van der Waals surface area contributed by atoms with Gasteiger partial charge in [-0.2, -0.15) is 0 Å². The van der Waals surface area contributed by atoms with Crippen molar-refractivity contribution in [1.29, 1.82) is 0 Å².